The van der Waals surface area contributed by atoms with Gasteiger partial charge in [-0.15, -0.1) is 11.3 Å². The van der Waals surface area contributed by atoms with Gasteiger partial charge in [-0.05, 0) is 28.1 Å². The lowest BCUT2D eigenvalue weighted by Gasteiger charge is -2.06. The van der Waals surface area contributed by atoms with Gasteiger partial charge in [-0.3, -0.25) is 0 Å². The van der Waals surface area contributed by atoms with E-state index in [1.54, 1.807) is 11.3 Å². The Morgan fingerprint density at radius 2 is 2.40 bits per heavy atom. The lowest BCUT2D eigenvalue weighted by Crippen LogP contribution is -1.98. The van der Waals surface area contributed by atoms with Gasteiger partial charge in [0.1, 0.15) is 0 Å². The Kier molecular flexibility index (Phi) is 2.02. The van der Waals surface area contributed by atoms with Gasteiger partial charge in [0.15, 0.2) is 3.92 Å². The van der Waals surface area contributed by atoms with Crippen LogP contribution in [0.15, 0.2) is 3.92 Å². The molecule has 0 saturated heterocycles. The minimum absolute atomic E-state index is 1.04. The van der Waals surface area contributed by atoms with Crippen molar-refractivity contribution in [2.24, 2.45) is 0 Å². The number of thioether (sulfide) groups is 1. The van der Waals surface area contributed by atoms with E-state index in [0.29, 0.717) is 0 Å². The van der Waals surface area contributed by atoms with E-state index in [2.05, 4.69) is 20.9 Å². The summed E-state index contributed by atoms with van der Waals surface area (Å²) in [6, 6.07) is 0. The van der Waals surface area contributed by atoms with Crippen LogP contribution in [0.2, 0.25) is 0 Å². The number of rotatable bonds is 0. The number of aromatic nitrogens is 1. The van der Waals surface area contributed by atoms with E-state index in [1.807, 2.05) is 11.8 Å². The van der Waals surface area contributed by atoms with E-state index in [0.717, 1.165) is 9.67 Å². The molecule has 0 N–H and O–H groups in total. The monoisotopic (exact) mass is 235 g/mol. The fraction of sp³-hybridized carbons (Fsp3) is 0.500. The van der Waals surface area contributed by atoms with Gasteiger partial charge in [-0.25, -0.2) is 4.98 Å². The SMILES string of the molecule is Brc1nc2c(s1)CCSC2. The number of halogens is 1. The first-order chi connectivity index (χ1) is 4.86. The molecule has 1 aliphatic heterocycles. The number of thiazole rings is 1. The second kappa shape index (κ2) is 2.83. The van der Waals surface area contributed by atoms with Gasteiger partial charge in [-0.1, -0.05) is 0 Å². The van der Waals surface area contributed by atoms with Crippen LogP contribution < -0.4 is 0 Å². The first-order valence-electron chi connectivity index (χ1n) is 3.08. The molecule has 0 atom stereocenters. The van der Waals surface area contributed by atoms with Crippen molar-refractivity contribution < 1.29 is 0 Å². The average Bonchev–Trinajstić information content (AvgIpc) is 2.27. The topological polar surface area (TPSA) is 12.9 Å². The highest BCUT2D eigenvalue weighted by Crippen LogP contribution is 2.30. The predicted molar refractivity (Wildman–Crippen MR) is 49.7 cm³/mol. The highest BCUT2D eigenvalue weighted by atomic mass is 79.9. The maximum absolute atomic E-state index is 4.37. The maximum atomic E-state index is 4.37. The van der Waals surface area contributed by atoms with Gasteiger partial charge in [0.25, 0.3) is 0 Å². The van der Waals surface area contributed by atoms with Crippen molar-refractivity contribution in [2.75, 3.05) is 5.75 Å². The molecule has 1 aromatic heterocycles. The molecule has 0 aliphatic carbocycles. The van der Waals surface area contributed by atoms with E-state index in [1.165, 1.54) is 22.7 Å². The summed E-state index contributed by atoms with van der Waals surface area (Å²) in [5.74, 6) is 2.37. The molecule has 4 heteroatoms. The summed E-state index contributed by atoms with van der Waals surface area (Å²) in [5.41, 5.74) is 1.30. The average molecular weight is 236 g/mol. The third kappa shape index (κ3) is 1.24. The Bertz CT molecular complexity index is 222. The molecule has 0 bridgehead atoms. The third-order valence-electron chi connectivity index (χ3n) is 1.46. The van der Waals surface area contributed by atoms with Crippen LogP contribution in [0.25, 0.3) is 0 Å². The molecule has 2 rings (SSSR count). The van der Waals surface area contributed by atoms with Crippen LogP contribution in [-0.2, 0) is 12.2 Å². The predicted octanol–water partition coefficient (Wildman–Crippen LogP) is 2.69. The van der Waals surface area contributed by atoms with Crippen LogP contribution in [0.1, 0.15) is 10.6 Å². The molecule has 2 heterocycles. The van der Waals surface area contributed by atoms with E-state index in [-0.39, 0.29) is 0 Å². The number of hydrogen-bond donors (Lipinski definition) is 0. The summed E-state index contributed by atoms with van der Waals surface area (Å²) < 4.78 is 1.04. The molecule has 1 aromatic rings. The van der Waals surface area contributed by atoms with Crippen LogP contribution >= 0.6 is 39.0 Å². The Balaban J connectivity index is 2.41. The number of aryl methyl sites for hydroxylation is 1. The number of nitrogens with zero attached hydrogens (tertiary/aromatic N) is 1. The molecule has 0 aromatic carbocycles. The van der Waals surface area contributed by atoms with Crippen molar-refractivity contribution in [3.8, 4) is 0 Å². The van der Waals surface area contributed by atoms with E-state index < -0.39 is 0 Å². The standard InChI is InChI=1S/C6H6BrNS2/c7-6-8-4-3-9-2-1-5(4)10-6/h1-3H2. The number of fused-ring (bicyclic) bond motifs is 1. The molecular formula is C6H6BrNS2. The molecule has 54 valence electrons. The second-order valence-corrected chi connectivity index (χ2v) is 5.60. The fourth-order valence-electron chi connectivity index (χ4n) is 0.994. The largest absolute Gasteiger partial charge is 0.233 e. The van der Waals surface area contributed by atoms with E-state index in [4.69, 9.17) is 0 Å². The van der Waals surface area contributed by atoms with Gasteiger partial charge in [0.2, 0.25) is 0 Å². The zero-order chi connectivity index (χ0) is 6.97. The van der Waals surface area contributed by atoms with Crippen LogP contribution in [-0.4, -0.2) is 10.7 Å². The lowest BCUT2D eigenvalue weighted by atomic mass is 10.3. The van der Waals surface area contributed by atoms with Crippen molar-refractivity contribution in [3.63, 3.8) is 0 Å². The van der Waals surface area contributed by atoms with Crippen molar-refractivity contribution in [1.82, 2.24) is 4.98 Å². The Labute approximate surface area is 76.4 Å². The van der Waals surface area contributed by atoms with Crippen LogP contribution in [0.3, 0.4) is 0 Å². The minimum Gasteiger partial charge on any atom is -0.233 e. The van der Waals surface area contributed by atoms with E-state index in [9.17, 15) is 0 Å². The summed E-state index contributed by atoms with van der Waals surface area (Å²) in [5, 5.41) is 0. The van der Waals surface area contributed by atoms with Crippen LogP contribution in [0, 0.1) is 0 Å². The highest BCUT2D eigenvalue weighted by molar-refractivity contribution is 9.11. The van der Waals surface area contributed by atoms with Crippen molar-refractivity contribution in [2.45, 2.75) is 12.2 Å². The summed E-state index contributed by atoms with van der Waals surface area (Å²) >= 11 is 7.15. The minimum atomic E-state index is 1.04. The Hall–Kier alpha value is 0.460. The summed E-state index contributed by atoms with van der Waals surface area (Å²) in [7, 11) is 0. The molecular weight excluding hydrogens is 230 g/mol. The molecule has 0 amide bonds. The van der Waals surface area contributed by atoms with E-state index >= 15 is 0 Å². The number of hydrogen-bond acceptors (Lipinski definition) is 3. The quantitative estimate of drug-likeness (QED) is 0.686. The van der Waals surface area contributed by atoms with Gasteiger partial charge < -0.3 is 0 Å². The molecule has 1 aliphatic rings. The van der Waals surface area contributed by atoms with Crippen molar-refractivity contribution in [1.29, 1.82) is 0 Å². The van der Waals surface area contributed by atoms with Crippen LogP contribution in [0.5, 0.6) is 0 Å². The maximum Gasteiger partial charge on any atom is 0.159 e. The second-order valence-electron chi connectivity index (χ2n) is 2.14. The molecule has 0 spiro atoms. The van der Waals surface area contributed by atoms with Crippen LogP contribution in [0.4, 0.5) is 0 Å². The normalized spacial score (nSPS) is 16.9. The molecule has 10 heavy (non-hydrogen) atoms. The van der Waals surface area contributed by atoms with Gasteiger partial charge in [-0.2, -0.15) is 11.8 Å². The van der Waals surface area contributed by atoms with Crippen molar-refractivity contribution in [3.05, 3.63) is 14.5 Å². The van der Waals surface area contributed by atoms with Crippen molar-refractivity contribution >= 4 is 39.0 Å². The molecule has 0 radical (unpaired) electrons. The molecule has 1 nitrogen and oxygen atoms in total. The lowest BCUT2D eigenvalue weighted by molar-refractivity contribution is 1.07. The first kappa shape index (κ1) is 7.13. The molecule has 0 fully saturated rings. The summed E-state index contributed by atoms with van der Waals surface area (Å²) in [6.07, 6.45) is 1.21. The fourth-order valence-corrected chi connectivity index (χ4v) is 3.74. The molecule has 0 saturated carbocycles. The zero-order valence-electron chi connectivity index (χ0n) is 5.26. The Morgan fingerprint density at radius 1 is 1.50 bits per heavy atom. The molecule has 0 unspecified atom stereocenters. The summed E-state index contributed by atoms with van der Waals surface area (Å²) in [4.78, 5) is 5.84. The zero-order valence-corrected chi connectivity index (χ0v) is 8.48. The third-order valence-corrected chi connectivity index (χ3v) is 4.04. The smallest absolute Gasteiger partial charge is 0.159 e. The summed E-state index contributed by atoms with van der Waals surface area (Å²) in [6.45, 7) is 0. The van der Waals surface area contributed by atoms with Gasteiger partial charge >= 0.3 is 0 Å². The van der Waals surface area contributed by atoms with Gasteiger partial charge in [0.05, 0.1) is 5.69 Å². The van der Waals surface area contributed by atoms with Gasteiger partial charge in [0, 0.05) is 10.6 Å². The Morgan fingerprint density at radius 3 is 3.20 bits per heavy atom. The first-order valence-corrected chi connectivity index (χ1v) is 5.84. The highest BCUT2D eigenvalue weighted by Gasteiger charge is 2.13.